The first-order chi connectivity index (χ1) is 11.6. The molecule has 24 heavy (non-hydrogen) atoms. The van der Waals surface area contributed by atoms with Gasteiger partial charge < -0.3 is 19.6 Å². The van der Waals surface area contributed by atoms with Crippen LogP contribution in [-0.2, 0) is 11.2 Å². The Morgan fingerprint density at radius 3 is 3.08 bits per heavy atom. The Bertz CT molecular complexity index is 721. The first-order valence-electron chi connectivity index (χ1n) is 8.07. The Hall–Kier alpha value is -2.53. The first-order valence-corrected chi connectivity index (χ1v) is 8.07. The molecule has 2 heterocycles. The third-order valence-corrected chi connectivity index (χ3v) is 3.98. The molecule has 1 amide bonds. The lowest BCUT2D eigenvalue weighted by Crippen LogP contribution is -2.32. The van der Waals surface area contributed by atoms with Crippen molar-refractivity contribution in [3.8, 4) is 5.75 Å². The molecule has 1 aliphatic rings. The summed E-state index contributed by atoms with van der Waals surface area (Å²) in [6.07, 6.45) is 5.38. The number of aliphatic hydroxyl groups is 1. The molecule has 1 aromatic carbocycles. The zero-order valence-corrected chi connectivity index (χ0v) is 13.6. The van der Waals surface area contributed by atoms with Crippen LogP contribution < -0.4 is 10.1 Å². The van der Waals surface area contributed by atoms with Crippen LogP contribution in [0.4, 0.5) is 0 Å². The van der Waals surface area contributed by atoms with Crippen molar-refractivity contribution in [1.29, 1.82) is 0 Å². The lowest BCUT2D eigenvalue weighted by molar-refractivity contribution is -0.117. The maximum absolute atomic E-state index is 12.0. The average Bonchev–Trinajstić information content (AvgIpc) is 3.23. The molecule has 2 N–H and O–H groups in total. The molecule has 5 heteroatoms. The van der Waals surface area contributed by atoms with E-state index in [0.29, 0.717) is 12.2 Å². The molecule has 0 aliphatic carbocycles. The van der Waals surface area contributed by atoms with E-state index in [4.69, 9.17) is 9.15 Å². The lowest BCUT2D eigenvalue weighted by atomic mass is 10.1. The summed E-state index contributed by atoms with van der Waals surface area (Å²) in [5.74, 6) is 1.25. The summed E-state index contributed by atoms with van der Waals surface area (Å²) in [6, 6.07) is 9.18. The summed E-state index contributed by atoms with van der Waals surface area (Å²) in [7, 11) is 0. The van der Waals surface area contributed by atoms with Gasteiger partial charge in [0.15, 0.2) is 0 Å². The topological polar surface area (TPSA) is 71.7 Å². The fourth-order valence-corrected chi connectivity index (χ4v) is 2.76. The summed E-state index contributed by atoms with van der Waals surface area (Å²) in [5, 5.41) is 12.9. The van der Waals surface area contributed by atoms with Gasteiger partial charge in [-0.05, 0) is 48.4 Å². The number of furan rings is 1. The Kier molecular flexibility index (Phi) is 5.01. The molecule has 2 unspecified atom stereocenters. The van der Waals surface area contributed by atoms with E-state index in [9.17, 15) is 9.90 Å². The fourth-order valence-electron chi connectivity index (χ4n) is 2.76. The Balaban J connectivity index is 1.51. The second-order valence-corrected chi connectivity index (χ2v) is 5.98. The van der Waals surface area contributed by atoms with E-state index >= 15 is 0 Å². The maximum Gasteiger partial charge on any atom is 0.244 e. The van der Waals surface area contributed by atoms with Gasteiger partial charge in [0.1, 0.15) is 17.6 Å². The van der Waals surface area contributed by atoms with Crippen LogP contribution in [0.25, 0.3) is 6.08 Å². The van der Waals surface area contributed by atoms with Gasteiger partial charge in [0, 0.05) is 25.0 Å². The maximum atomic E-state index is 12.0. The summed E-state index contributed by atoms with van der Waals surface area (Å²) in [6.45, 7) is 2.57. The van der Waals surface area contributed by atoms with Gasteiger partial charge >= 0.3 is 0 Å². The minimum atomic E-state index is -0.726. The Morgan fingerprint density at radius 1 is 1.42 bits per heavy atom. The number of carbonyl (C=O) groups is 1. The van der Waals surface area contributed by atoms with Crippen molar-refractivity contribution in [1.82, 2.24) is 5.32 Å². The number of amides is 1. The number of fused-ring (bicyclic) bond motifs is 1. The second kappa shape index (κ2) is 7.36. The van der Waals surface area contributed by atoms with Crippen molar-refractivity contribution < 1.29 is 19.1 Å². The van der Waals surface area contributed by atoms with E-state index < -0.39 is 6.10 Å². The van der Waals surface area contributed by atoms with Crippen molar-refractivity contribution in [3.05, 3.63) is 59.6 Å². The highest BCUT2D eigenvalue weighted by atomic mass is 16.5. The number of aliphatic hydroxyl groups excluding tert-OH is 1. The van der Waals surface area contributed by atoms with Gasteiger partial charge in [-0.15, -0.1) is 0 Å². The van der Waals surface area contributed by atoms with Crippen LogP contribution in [0.2, 0.25) is 0 Å². The van der Waals surface area contributed by atoms with E-state index in [-0.39, 0.29) is 11.9 Å². The van der Waals surface area contributed by atoms with E-state index in [2.05, 4.69) is 5.32 Å². The van der Waals surface area contributed by atoms with Crippen molar-refractivity contribution in [2.45, 2.75) is 31.9 Å². The van der Waals surface area contributed by atoms with Gasteiger partial charge in [0.2, 0.25) is 5.91 Å². The minimum absolute atomic E-state index is 0.171. The number of benzene rings is 1. The number of hydrogen-bond donors (Lipinski definition) is 2. The summed E-state index contributed by atoms with van der Waals surface area (Å²) >= 11 is 0. The van der Waals surface area contributed by atoms with Crippen LogP contribution in [0.5, 0.6) is 5.75 Å². The fraction of sp³-hybridized carbons (Fsp3) is 0.316. The number of hydrogen-bond acceptors (Lipinski definition) is 4. The molecule has 2 atom stereocenters. The predicted molar refractivity (Wildman–Crippen MR) is 90.6 cm³/mol. The highest BCUT2D eigenvalue weighted by Gasteiger charge is 2.15. The van der Waals surface area contributed by atoms with Crippen LogP contribution in [0.15, 0.2) is 47.1 Å². The highest BCUT2D eigenvalue weighted by molar-refractivity contribution is 5.91. The number of carbonyl (C=O) groups excluding carboxylic acids is 1. The van der Waals surface area contributed by atoms with Crippen molar-refractivity contribution in [2.24, 2.45) is 0 Å². The number of rotatable bonds is 6. The molecular weight excluding hydrogens is 306 g/mol. The van der Waals surface area contributed by atoms with Crippen LogP contribution >= 0.6 is 0 Å². The minimum Gasteiger partial charge on any atom is -0.493 e. The summed E-state index contributed by atoms with van der Waals surface area (Å²) < 4.78 is 10.6. The molecular formula is C19H21NO4. The number of nitrogens with one attached hydrogen (secondary N) is 1. The Morgan fingerprint density at radius 2 is 2.29 bits per heavy atom. The van der Waals surface area contributed by atoms with Gasteiger partial charge in [0.05, 0.1) is 12.9 Å². The Labute approximate surface area is 140 Å². The molecule has 0 fully saturated rings. The van der Waals surface area contributed by atoms with Gasteiger partial charge in [-0.1, -0.05) is 6.07 Å². The highest BCUT2D eigenvalue weighted by Crippen LogP contribution is 2.26. The SMILES string of the molecule is CC(CC(O)c1ccco1)NC(=O)/C=C/c1ccc2c(c1)CCO2. The van der Waals surface area contributed by atoms with Crippen molar-refractivity contribution in [3.63, 3.8) is 0 Å². The van der Waals surface area contributed by atoms with Crippen molar-refractivity contribution in [2.75, 3.05) is 6.61 Å². The van der Waals surface area contributed by atoms with Crippen LogP contribution in [0, 0.1) is 0 Å². The van der Waals surface area contributed by atoms with Gasteiger partial charge in [-0.25, -0.2) is 0 Å². The molecule has 0 bridgehead atoms. The van der Waals surface area contributed by atoms with Gasteiger partial charge in [0.25, 0.3) is 0 Å². The van der Waals surface area contributed by atoms with Gasteiger partial charge in [-0.2, -0.15) is 0 Å². The monoisotopic (exact) mass is 327 g/mol. The van der Waals surface area contributed by atoms with E-state index in [1.54, 1.807) is 18.2 Å². The van der Waals surface area contributed by atoms with E-state index in [0.717, 1.165) is 24.3 Å². The lowest BCUT2D eigenvalue weighted by Gasteiger charge is -2.15. The van der Waals surface area contributed by atoms with E-state index in [1.165, 1.54) is 17.9 Å². The van der Waals surface area contributed by atoms with Gasteiger partial charge in [-0.3, -0.25) is 4.79 Å². The predicted octanol–water partition coefficient (Wildman–Crippen LogP) is 2.86. The molecule has 2 aromatic rings. The van der Waals surface area contributed by atoms with Crippen LogP contribution in [0.1, 0.15) is 36.3 Å². The largest absolute Gasteiger partial charge is 0.493 e. The van der Waals surface area contributed by atoms with Crippen LogP contribution in [0.3, 0.4) is 0 Å². The molecule has 0 radical (unpaired) electrons. The zero-order chi connectivity index (χ0) is 16.9. The summed E-state index contributed by atoms with van der Waals surface area (Å²) in [4.78, 5) is 12.0. The van der Waals surface area contributed by atoms with Crippen LogP contribution in [-0.4, -0.2) is 23.7 Å². The molecule has 1 aliphatic heterocycles. The zero-order valence-electron chi connectivity index (χ0n) is 13.6. The third kappa shape index (κ3) is 4.06. The number of ether oxygens (including phenoxy) is 1. The third-order valence-electron chi connectivity index (χ3n) is 3.98. The average molecular weight is 327 g/mol. The molecule has 126 valence electrons. The second-order valence-electron chi connectivity index (χ2n) is 5.98. The molecule has 5 nitrogen and oxygen atoms in total. The standard InChI is InChI=1S/C19H21NO4/c1-13(11-16(21)18-3-2-9-23-18)20-19(22)7-5-14-4-6-17-15(12-14)8-10-24-17/h2-7,9,12-13,16,21H,8,10-11H2,1H3,(H,20,22)/b7-5+. The normalized spacial score (nSPS) is 15.8. The smallest absolute Gasteiger partial charge is 0.244 e. The molecule has 0 saturated carbocycles. The van der Waals surface area contributed by atoms with E-state index in [1.807, 2.05) is 25.1 Å². The molecule has 1 aromatic heterocycles. The quantitative estimate of drug-likeness (QED) is 0.800. The molecule has 0 spiro atoms. The van der Waals surface area contributed by atoms with Crippen molar-refractivity contribution >= 4 is 12.0 Å². The summed E-state index contributed by atoms with van der Waals surface area (Å²) in [5.41, 5.74) is 2.14. The molecule has 3 rings (SSSR count). The first kappa shape index (κ1) is 16.3. The molecule has 0 saturated heterocycles.